The molecule has 0 aromatic heterocycles. The second-order valence-electron chi connectivity index (χ2n) is 13.5. The summed E-state index contributed by atoms with van der Waals surface area (Å²) in [5, 5.41) is 10.8. The molecule has 1 saturated heterocycles. The van der Waals surface area contributed by atoms with E-state index in [4.69, 9.17) is 10.5 Å². The van der Waals surface area contributed by atoms with Gasteiger partial charge in [0.2, 0.25) is 29.5 Å². The van der Waals surface area contributed by atoms with Gasteiger partial charge in [-0.05, 0) is 55.2 Å². The third-order valence-electron chi connectivity index (χ3n) is 8.31. The molecule has 3 unspecified atom stereocenters. The third kappa shape index (κ3) is 13.9. The number of carbonyl (C=O) groups excluding carboxylic acids is 7. The molecule has 1 aliphatic heterocycles. The second kappa shape index (κ2) is 20.1. The van der Waals surface area contributed by atoms with Crippen LogP contribution in [0.25, 0.3) is 0 Å². The van der Waals surface area contributed by atoms with Crippen LogP contribution in [0.15, 0.2) is 24.3 Å². The molecule has 14 heteroatoms. The number of nitrogens with two attached hydrogens (primary N) is 1. The quantitative estimate of drug-likeness (QED) is 0.0781. The van der Waals surface area contributed by atoms with Crippen molar-refractivity contribution in [2.24, 2.45) is 29.4 Å². The number of primary amides is 1. The Labute approximate surface area is 289 Å². The van der Waals surface area contributed by atoms with Gasteiger partial charge in [0, 0.05) is 37.5 Å². The fraction of sp³-hybridized carbons (Fsp3) is 0.629. The number of amides is 7. The number of anilines is 1. The van der Waals surface area contributed by atoms with E-state index >= 15 is 0 Å². The summed E-state index contributed by atoms with van der Waals surface area (Å²) in [7, 11) is 0. The number of imide groups is 1. The molecule has 0 aliphatic carbocycles. The summed E-state index contributed by atoms with van der Waals surface area (Å²) in [6, 6.07) is 4.14. The van der Waals surface area contributed by atoms with E-state index in [9.17, 15) is 33.6 Å². The molecule has 0 radical (unpaired) electrons. The largest absolute Gasteiger partial charge is 0.461 e. The number of esters is 1. The molecule has 7 amide bonds. The van der Waals surface area contributed by atoms with Gasteiger partial charge in [-0.2, -0.15) is 0 Å². The van der Waals surface area contributed by atoms with Crippen LogP contribution >= 0.6 is 0 Å². The molecule has 1 aromatic carbocycles. The topological polar surface area (TPSA) is 206 Å². The summed E-state index contributed by atoms with van der Waals surface area (Å²) in [6.45, 7) is 11.5. The predicted molar refractivity (Wildman–Crippen MR) is 183 cm³/mol. The maximum Gasteiger partial charge on any atom is 0.312 e. The second-order valence-corrected chi connectivity index (χ2v) is 13.5. The van der Waals surface area contributed by atoms with E-state index in [1.165, 1.54) is 4.90 Å². The fourth-order valence-corrected chi connectivity index (χ4v) is 5.26. The standard InChI is InChI=1S/C35H54N6O8/c1-21(2)26-19-29(43)41(33(26)46)18-9-7-8-12-28(42)40-30(22(3)4)32(45)39-27(11-10-17-37-35(36)48)31(44)38-25-15-13-24(14-16-25)20-49-34(47)23(5)6/h13-16,21-23,26-27,30H,7-12,17-20H2,1-6H3,(H,38,44)(H,39,45)(H,40,42)(H3,36,37,48). The van der Waals surface area contributed by atoms with Gasteiger partial charge in [0.15, 0.2) is 0 Å². The molecule has 2 rings (SSSR count). The summed E-state index contributed by atoms with van der Waals surface area (Å²) in [6.07, 6.45) is 2.64. The van der Waals surface area contributed by atoms with Gasteiger partial charge >= 0.3 is 12.0 Å². The monoisotopic (exact) mass is 686 g/mol. The molecule has 0 saturated carbocycles. The van der Waals surface area contributed by atoms with Crippen molar-refractivity contribution >= 4 is 47.2 Å². The van der Waals surface area contributed by atoms with Gasteiger partial charge < -0.3 is 31.7 Å². The van der Waals surface area contributed by atoms with Crippen LogP contribution < -0.4 is 27.0 Å². The van der Waals surface area contributed by atoms with Crippen molar-refractivity contribution in [1.29, 1.82) is 0 Å². The normalized spacial score (nSPS) is 15.7. The Bertz CT molecular complexity index is 1310. The molecular weight excluding hydrogens is 632 g/mol. The highest BCUT2D eigenvalue weighted by molar-refractivity contribution is 6.03. The maximum absolute atomic E-state index is 13.4. The number of carbonyl (C=O) groups is 7. The molecule has 1 aliphatic rings. The molecule has 272 valence electrons. The average molecular weight is 687 g/mol. The van der Waals surface area contributed by atoms with E-state index in [0.717, 1.165) is 5.56 Å². The van der Waals surface area contributed by atoms with Crippen LogP contribution in [0.2, 0.25) is 0 Å². The SMILES string of the molecule is CC(C)C(=O)OCc1ccc(NC(=O)C(CCCNC(N)=O)NC(=O)C(NC(=O)CCCCCN2C(=O)CC(C(C)C)C2=O)C(C)C)cc1. The number of ether oxygens (including phenoxy) is 1. The first-order chi connectivity index (χ1) is 23.1. The first-order valence-corrected chi connectivity index (χ1v) is 17.1. The molecule has 3 atom stereocenters. The zero-order chi connectivity index (χ0) is 36.7. The van der Waals surface area contributed by atoms with E-state index in [0.29, 0.717) is 37.9 Å². The van der Waals surface area contributed by atoms with Crippen molar-refractivity contribution in [3.8, 4) is 0 Å². The maximum atomic E-state index is 13.4. The summed E-state index contributed by atoms with van der Waals surface area (Å²) in [5.74, 6) is -2.64. The Morgan fingerprint density at radius 2 is 1.57 bits per heavy atom. The number of benzene rings is 1. The first kappa shape index (κ1) is 40.7. The molecule has 49 heavy (non-hydrogen) atoms. The van der Waals surface area contributed by atoms with E-state index < -0.39 is 29.9 Å². The van der Waals surface area contributed by atoms with Crippen LogP contribution in [0.5, 0.6) is 0 Å². The Morgan fingerprint density at radius 3 is 2.14 bits per heavy atom. The van der Waals surface area contributed by atoms with Crippen molar-refractivity contribution in [2.75, 3.05) is 18.4 Å². The van der Waals surface area contributed by atoms with Gasteiger partial charge in [0.05, 0.1) is 5.92 Å². The lowest BCUT2D eigenvalue weighted by molar-refractivity contribution is -0.148. The summed E-state index contributed by atoms with van der Waals surface area (Å²) in [4.78, 5) is 88.5. The van der Waals surface area contributed by atoms with Crippen molar-refractivity contribution < 1.29 is 38.3 Å². The van der Waals surface area contributed by atoms with Gasteiger partial charge in [-0.1, -0.05) is 60.1 Å². The minimum atomic E-state index is -0.988. The average Bonchev–Trinajstić information content (AvgIpc) is 3.32. The Kier molecular flexibility index (Phi) is 16.7. The van der Waals surface area contributed by atoms with Crippen molar-refractivity contribution in [3.05, 3.63) is 29.8 Å². The van der Waals surface area contributed by atoms with Crippen LogP contribution in [0.3, 0.4) is 0 Å². The van der Waals surface area contributed by atoms with Crippen LogP contribution in [0.4, 0.5) is 10.5 Å². The zero-order valence-corrected chi connectivity index (χ0v) is 29.6. The molecule has 14 nitrogen and oxygen atoms in total. The molecular formula is C35H54N6O8. The molecule has 1 aromatic rings. The van der Waals surface area contributed by atoms with Gasteiger partial charge in [-0.15, -0.1) is 0 Å². The van der Waals surface area contributed by atoms with Crippen molar-refractivity contribution in [1.82, 2.24) is 20.9 Å². The summed E-state index contributed by atoms with van der Waals surface area (Å²) < 4.78 is 5.23. The van der Waals surface area contributed by atoms with E-state index in [1.807, 2.05) is 13.8 Å². The lowest BCUT2D eigenvalue weighted by Crippen LogP contribution is -2.54. The Hall–Kier alpha value is -4.49. The van der Waals surface area contributed by atoms with Crippen molar-refractivity contribution in [3.63, 3.8) is 0 Å². The van der Waals surface area contributed by atoms with Crippen molar-refractivity contribution in [2.45, 2.75) is 105 Å². The lowest BCUT2D eigenvalue weighted by Gasteiger charge is -2.25. The first-order valence-electron chi connectivity index (χ1n) is 17.1. The van der Waals surface area contributed by atoms with Gasteiger partial charge in [-0.3, -0.25) is 33.7 Å². The number of nitrogens with zero attached hydrogens (tertiary/aromatic N) is 1. The number of likely N-dealkylation sites (tertiary alicyclic amines) is 1. The van der Waals surface area contributed by atoms with E-state index in [2.05, 4.69) is 21.3 Å². The van der Waals surface area contributed by atoms with Crippen LogP contribution in [0.1, 0.15) is 92.1 Å². The van der Waals surface area contributed by atoms with E-state index in [1.54, 1.807) is 52.0 Å². The van der Waals surface area contributed by atoms with Gasteiger partial charge in [-0.25, -0.2) is 4.79 Å². The summed E-state index contributed by atoms with van der Waals surface area (Å²) in [5.41, 5.74) is 6.35. The highest BCUT2D eigenvalue weighted by Crippen LogP contribution is 2.26. The fourth-order valence-electron chi connectivity index (χ4n) is 5.26. The van der Waals surface area contributed by atoms with Crippen LogP contribution in [-0.2, 0) is 40.1 Å². The molecule has 0 bridgehead atoms. The molecule has 1 fully saturated rings. The molecule has 1 heterocycles. The number of urea groups is 1. The highest BCUT2D eigenvalue weighted by atomic mass is 16.5. The number of unbranched alkanes of at least 4 members (excludes halogenated alkanes) is 2. The van der Waals surface area contributed by atoms with Gasteiger partial charge in [0.25, 0.3) is 0 Å². The van der Waals surface area contributed by atoms with Crippen LogP contribution in [-0.4, -0.2) is 71.6 Å². The Morgan fingerprint density at radius 1 is 0.898 bits per heavy atom. The smallest absolute Gasteiger partial charge is 0.312 e. The van der Waals surface area contributed by atoms with Gasteiger partial charge in [0.1, 0.15) is 18.7 Å². The van der Waals surface area contributed by atoms with Crippen LogP contribution in [0, 0.1) is 23.7 Å². The Balaban J connectivity index is 1.94. The number of rotatable bonds is 20. The number of hydrogen-bond acceptors (Lipinski definition) is 8. The summed E-state index contributed by atoms with van der Waals surface area (Å²) >= 11 is 0. The molecule has 6 N–H and O–H groups in total. The highest BCUT2D eigenvalue weighted by Gasteiger charge is 2.39. The third-order valence-corrected chi connectivity index (χ3v) is 8.31. The van der Waals surface area contributed by atoms with E-state index in [-0.39, 0.29) is 79.8 Å². The minimum Gasteiger partial charge on any atom is -0.461 e. The number of hydrogen-bond donors (Lipinski definition) is 5. The zero-order valence-electron chi connectivity index (χ0n) is 29.6. The predicted octanol–water partition coefficient (Wildman–Crippen LogP) is 2.99. The molecule has 0 spiro atoms. The lowest BCUT2D eigenvalue weighted by atomic mass is 9.94. The number of nitrogens with one attached hydrogen (secondary N) is 4. The minimum absolute atomic E-state index is 0.0958.